The van der Waals surface area contributed by atoms with Crippen LogP contribution in [0.2, 0.25) is 0 Å². The maximum atomic E-state index is 12.5. The summed E-state index contributed by atoms with van der Waals surface area (Å²) in [4.78, 5) is 2.16. The van der Waals surface area contributed by atoms with Crippen LogP contribution in [0.1, 0.15) is 20.8 Å². The van der Waals surface area contributed by atoms with E-state index in [2.05, 4.69) is 25.7 Å². The van der Waals surface area contributed by atoms with E-state index in [1.165, 1.54) is 0 Å². The molecule has 2 heteroatoms. The van der Waals surface area contributed by atoms with Gasteiger partial charge in [-0.15, -0.1) is 0 Å². The molecule has 11 heavy (non-hydrogen) atoms. The summed E-state index contributed by atoms with van der Waals surface area (Å²) in [5, 5.41) is 0. The molecule has 0 N–H and O–H groups in total. The van der Waals surface area contributed by atoms with Gasteiger partial charge in [-0.1, -0.05) is 13.8 Å². The molecule has 1 heterocycles. The standard InChI is InChI=1S/C9H18FN/c1-6-7(2)9(5-10)11(4)8(6)3/h6-9H,5H2,1-4H3/t6-,7+,8?,9+/m1/s1. The molecule has 4 atom stereocenters. The Morgan fingerprint density at radius 2 is 1.73 bits per heavy atom. The molecule has 0 bridgehead atoms. The normalized spacial score (nSPS) is 46.6. The van der Waals surface area contributed by atoms with E-state index < -0.39 is 0 Å². The highest BCUT2D eigenvalue weighted by Gasteiger charge is 2.39. The first-order chi connectivity index (χ1) is 5.09. The molecule has 1 rings (SSSR count). The molecule has 0 spiro atoms. The van der Waals surface area contributed by atoms with E-state index in [-0.39, 0.29) is 12.7 Å². The molecule has 1 nitrogen and oxygen atoms in total. The van der Waals surface area contributed by atoms with E-state index in [0.29, 0.717) is 17.9 Å². The molecule has 0 aromatic heterocycles. The number of alkyl halides is 1. The van der Waals surface area contributed by atoms with Crippen LogP contribution >= 0.6 is 0 Å². The minimum atomic E-state index is -0.202. The van der Waals surface area contributed by atoms with Crippen LogP contribution in [0.3, 0.4) is 0 Å². The SMILES string of the molecule is CC1[C@H](C)[C@H](C)[C@H](CF)N1C. The molecule has 1 fully saturated rings. The predicted molar refractivity (Wildman–Crippen MR) is 45.3 cm³/mol. The summed E-state index contributed by atoms with van der Waals surface area (Å²) < 4.78 is 12.5. The van der Waals surface area contributed by atoms with E-state index in [1.807, 2.05) is 7.05 Å². The molecule has 0 saturated carbocycles. The maximum Gasteiger partial charge on any atom is 0.105 e. The third kappa shape index (κ3) is 1.28. The Morgan fingerprint density at radius 3 is 1.91 bits per heavy atom. The molecule has 0 aromatic carbocycles. The predicted octanol–water partition coefficient (Wildman–Crippen LogP) is 1.93. The lowest BCUT2D eigenvalue weighted by atomic mass is 9.91. The Balaban J connectivity index is 2.69. The number of hydrogen-bond donors (Lipinski definition) is 0. The van der Waals surface area contributed by atoms with Gasteiger partial charge in [0.1, 0.15) is 6.67 Å². The molecular weight excluding hydrogens is 141 g/mol. The number of nitrogens with zero attached hydrogens (tertiary/aromatic N) is 1. The lowest BCUT2D eigenvalue weighted by molar-refractivity contribution is 0.197. The Bertz CT molecular complexity index is 124. The van der Waals surface area contributed by atoms with Crippen LogP contribution in [0.15, 0.2) is 0 Å². The van der Waals surface area contributed by atoms with Crippen molar-refractivity contribution in [2.75, 3.05) is 13.7 Å². The van der Waals surface area contributed by atoms with Gasteiger partial charge >= 0.3 is 0 Å². The summed E-state index contributed by atoms with van der Waals surface area (Å²) in [6, 6.07) is 0.686. The number of hydrogen-bond acceptors (Lipinski definition) is 1. The molecule has 66 valence electrons. The third-order valence-corrected chi connectivity index (χ3v) is 3.52. The van der Waals surface area contributed by atoms with Gasteiger partial charge in [-0.05, 0) is 25.8 Å². The fourth-order valence-electron chi connectivity index (χ4n) is 2.08. The topological polar surface area (TPSA) is 3.24 Å². The van der Waals surface area contributed by atoms with Crippen LogP contribution in [0.5, 0.6) is 0 Å². The second-order valence-corrected chi connectivity index (χ2v) is 3.85. The fraction of sp³-hybridized carbons (Fsp3) is 1.00. The average Bonchev–Trinajstić information content (AvgIpc) is 2.17. The van der Waals surface area contributed by atoms with Crippen molar-refractivity contribution in [1.82, 2.24) is 4.90 Å². The summed E-state index contributed by atoms with van der Waals surface area (Å²) in [5.74, 6) is 1.13. The second-order valence-electron chi connectivity index (χ2n) is 3.85. The fourth-order valence-corrected chi connectivity index (χ4v) is 2.08. The summed E-state index contributed by atoms with van der Waals surface area (Å²) in [6.07, 6.45) is 0. The Morgan fingerprint density at radius 1 is 1.18 bits per heavy atom. The van der Waals surface area contributed by atoms with Crippen molar-refractivity contribution in [2.45, 2.75) is 32.9 Å². The Hall–Kier alpha value is -0.110. The molecule has 1 unspecified atom stereocenters. The van der Waals surface area contributed by atoms with Crippen molar-refractivity contribution < 1.29 is 4.39 Å². The molecular formula is C9H18FN. The van der Waals surface area contributed by atoms with Gasteiger partial charge < -0.3 is 0 Å². The van der Waals surface area contributed by atoms with E-state index in [4.69, 9.17) is 0 Å². The molecule has 0 amide bonds. The van der Waals surface area contributed by atoms with Gasteiger partial charge in [0.2, 0.25) is 0 Å². The average molecular weight is 159 g/mol. The summed E-state index contributed by atoms with van der Waals surface area (Å²) in [6.45, 7) is 6.33. The number of likely N-dealkylation sites (tertiary alicyclic amines) is 1. The zero-order valence-corrected chi connectivity index (χ0v) is 7.84. The molecule has 1 aliphatic rings. The Kier molecular flexibility index (Phi) is 2.53. The van der Waals surface area contributed by atoms with Crippen LogP contribution in [0.25, 0.3) is 0 Å². The highest BCUT2D eigenvalue weighted by molar-refractivity contribution is 4.92. The van der Waals surface area contributed by atoms with E-state index in [1.54, 1.807) is 0 Å². The lowest BCUT2D eigenvalue weighted by Gasteiger charge is -2.21. The zero-order valence-electron chi connectivity index (χ0n) is 7.84. The minimum absolute atomic E-state index is 0.153. The van der Waals surface area contributed by atoms with Crippen LogP contribution in [-0.2, 0) is 0 Å². The molecule has 1 aliphatic heterocycles. The molecule has 0 aliphatic carbocycles. The molecule has 1 saturated heterocycles. The Labute approximate surface area is 68.6 Å². The van der Waals surface area contributed by atoms with Crippen molar-refractivity contribution in [3.8, 4) is 0 Å². The van der Waals surface area contributed by atoms with Gasteiger partial charge in [-0.25, -0.2) is 4.39 Å². The summed E-state index contributed by atoms with van der Waals surface area (Å²) in [5.41, 5.74) is 0. The van der Waals surface area contributed by atoms with Gasteiger partial charge in [0.15, 0.2) is 0 Å². The van der Waals surface area contributed by atoms with Gasteiger partial charge in [-0.3, -0.25) is 4.90 Å². The summed E-state index contributed by atoms with van der Waals surface area (Å²) in [7, 11) is 2.02. The molecule has 0 radical (unpaired) electrons. The largest absolute Gasteiger partial charge is 0.298 e. The van der Waals surface area contributed by atoms with Gasteiger partial charge in [0.05, 0.1) is 0 Å². The minimum Gasteiger partial charge on any atom is -0.298 e. The van der Waals surface area contributed by atoms with Crippen LogP contribution in [0.4, 0.5) is 4.39 Å². The summed E-state index contributed by atoms with van der Waals surface area (Å²) >= 11 is 0. The second kappa shape index (κ2) is 3.10. The van der Waals surface area contributed by atoms with Gasteiger partial charge in [0, 0.05) is 12.1 Å². The molecule has 0 aromatic rings. The van der Waals surface area contributed by atoms with Crippen LogP contribution < -0.4 is 0 Å². The number of rotatable bonds is 1. The third-order valence-electron chi connectivity index (χ3n) is 3.52. The van der Waals surface area contributed by atoms with Crippen molar-refractivity contribution in [3.05, 3.63) is 0 Å². The highest BCUT2D eigenvalue weighted by Crippen LogP contribution is 2.33. The van der Waals surface area contributed by atoms with Crippen molar-refractivity contribution >= 4 is 0 Å². The first-order valence-electron chi connectivity index (χ1n) is 4.37. The van der Waals surface area contributed by atoms with Gasteiger partial charge in [-0.2, -0.15) is 0 Å². The van der Waals surface area contributed by atoms with Crippen molar-refractivity contribution in [3.63, 3.8) is 0 Å². The lowest BCUT2D eigenvalue weighted by Crippen LogP contribution is -2.33. The van der Waals surface area contributed by atoms with E-state index >= 15 is 0 Å². The van der Waals surface area contributed by atoms with Gasteiger partial charge in [0.25, 0.3) is 0 Å². The van der Waals surface area contributed by atoms with Crippen molar-refractivity contribution in [1.29, 1.82) is 0 Å². The van der Waals surface area contributed by atoms with Crippen LogP contribution in [0, 0.1) is 11.8 Å². The highest BCUT2D eigenvalue weighted by atomic mass is 19.1. The first kappa shape index (κ1) is 8.98. The van der Waals surface area contributed by atoms with Crippen molar-refractivity contribution in [2.24, 2.45) is 11.8 Å². The van der Waals surface area contributed by atoms with E-state index in [0.717, 1.165) is 0 Å². The number of halogens is 1. The zero-order chi connectivity index (χ0) is 8.59. The maximum absolute atomic E-state index is 12.5. The van der Waals surface area contributed by atoms with Crippen LogP contribution in [-0.4, -0.2) is 30.7 Å². The van der Waals surface area contributed by atoms with E-state index in [9.17, 15) is 4.39 Å². The monoisotopic (exact) mass is 159 g/mol. The smallest absolute Gasteiger partial charge is 0.105 e. The quantitative estimate of drug-likeness (QED) is 0.565. The first-order valence-corrected chi connectivity index (χ1v) is 4.37.